The fraction of sp³-hybridized carbons (Fsp3) is 0.500. The summed E-state index contributed by atoms with van der Waals surface area (Å²) in [6, 6.07) is 5.68. The summed E-state index contributed by atoms with van der Waals surface area (Å²) in [6.07, 6.45) is 5.36. The molecular formula is C16H18BrNO2. The molecule has 0 unspecified atom stereocenters. The molecule has 20 heavy (non-hydrogen) atoms. The van der Waals surface area contributed by atoms with Crippen molar-refractivity contribution >= 4 is 33.4 Å². The molecule has 1 saturated carbocycles. The van der Waals surface area contributed by atoms with Crippen LogP contribution in [0.1, 0.15) is 44.1 Å². The average molecular weight is 336 g/mol. The molecule has 2 fully saturated rings. The monoisotopic (exact) mass is 335 g/mol. The molecule has 1 aliphatic heterocycles. The maximum Gasteiger partial charge on any atom is 0.234 e. The number of aryl methyl sites for hydroxylation is 1. The molecule has 0 bridgehead atoms. The molecule has 1 aromatic carbocycles. The van der Waals surface area contributed by atoms with E-state index in [1.807, 2.05) is 25.1 Å². The van der Waals surface area contributed by atoms with Crippen molar-refractivity contribution < 1.29 is 9.59 Å². The molecule has 3 nitrogen and oxygen atoms in total. The van der Waals surface area contributed by atoms with Crippen LogP contribution in [0, 0.1) is 12.3 Å². The van der Waals surface area contributed by atoms with E-state index in [1.54, 1.807) is 0 Å². The number of benzene rings is 1. The van der Waals surface area contributed by atoms with Crippen LogP contribution in [0.3, 0.4) is 0 Å². The number of carbonyl (C=O) groups excluding carboxylic acids is 2. The van der Waals surface area contributed by atoms with Gasteiger partial charge in [-0.25, -0.2) is 4.90 Å². The summed E-state index contributed by atoms with van der Waals surface area (Å²) < 4.78 is 0.837. The third-order valence-corrected chi connectivity index (χ3v) is 5.66. The number of hydrogen-bond acceptors (Lipinski definition) is 2. The number of amides is 2. The second-order valence-electron chi connectivity index (χ2n) is 6.09. The zero-order chi connectivity index (χ0) is 14.3. The summed E-state index contributed by atoms with van der Waals surface area (Å²) >= 11 is 3.50. The van der Waals surface area contributed by atoms with E-state index in [9.17, 15) is 9.59 Å². The Kier molecular flexibility index (Phi) is 3.44. The Morgan fingerprint density at radius 3 is 2.30 bits per heavy atom. The minimum absolute atomic E-state index is 0.0407. The summed E-state index contributed by atoms with van der Waals surface area (Å²) in [5.74, 6) is -0.0936. The van der Waals surface area contributed by atoms with E-state index in [1.165, 1.54) is 4.90 Å². The molecule has 4 heteroatoms. The number of rotatable bonds is 1. The second-order valence-corrected chi connectivity index (χ2v) is 6.88. The maximum absolute atomic E-state index is 12.5. The molecule has 106 valence electrons. The van der Waals surface area contributed by atoms with Crippen molar-refractivity contribution in [2.45, 2.75) is 45.4 Å². The smallest absolute Gasteiger partial charge is 0.234 e. The first-order valence-electron chi connectivity index (χ1n) is 7.13. The molecule has 1 saturated heterocycles. The Bertz CT molecular complexity index is 556. The molecule has 3 rings (SSSR count). The van der Waals surface area contributed by atoms with Crippen LogP contribution in [0.15, 0.2) is 22.7 Å². The van der Waals surface area contributed by atoms with Gasteiger partial charge in [0.25, 0.3) is 0 Å². The first-order chi connectivity index (χ1) is 9.52. The van der Waals surface area contributed by atoms with Gasteiger partial charge < -0.3 is 0 Å². The topological polar surface area (TPSA) is 37.4 Å². The first-order valence-corrected chi connectivity index (χ1v) is 7.93. The zero-order valence-electron chi connectivity index (χ0n) is 11.6. The van der Waals surface area contributed by atoms with Crippen LogP contribution in [0.2, 0.25) is 0 Å². The fourth-order valence-electron chi connectivity index (χ4n) is 3.55. The van der Waals surface area contributed by atoms with Crippen LogP contribution in [-0.4, -0.2) is 11.8 Å². The van der Waals surface area contributed by atoms with Gasteiger partial charge in [-0.15, -0.1) is 0 Å². The van der Waals surface area contributed by atoms with E-state index in [-0.39, 0.29) is 17.2 Å². The highest BCUT2D eigenvalue weighted by atomic mass is 79.9. The maximum atomic E-state index is 12.5. The minimum atomic E-state index is -0.0468. The highest BCUT2D eigenvalue weighted by Crippen LogP contribution is 2.48. The van der Waals surface area contributed by atoms with E-state index in [0.717, 1.165) is 35.7 Å². The molecule has 0 N–H and O–H groups in total. The number of anilines is 1. The van der Waals surface area contributed by atoms with E-state index in [0.29, 0.717) is 18.5 Å². The lowest BCUT2D eigenvalue weighted by atomic mass is 9.76. The molecule has 0 aromatic heterocycles. The first kappa shape index (κ1) is 13.8. The largest absolute Gasteiger partial charge is 0.274 e. The molecule has 2 amide bonds. The summed E-state index contributed by atoms with van der Waals surface area (Å²) in [4.78, 5) is 26.4. The molecule has 1 aliphatic carbocycles. The van der Waals surface area contributed by atoms with E-state index in [2.05, 4.69) is 15.9 Å². The summed E-state index contributed by atoms with van der Waals surface area (Å²) in [5, 5.41) is 0. The quantitative estimate of drug-likeness (QED) is 0.728. The van der Waals surface area contributed by atoms with Gasteiger partial charge >= 0.3 is 0 Å². The number of piperidine rings is 1. The average Bonchev–Trinajstić information content (AvgIpc) is 2.81. The van der Waals surface area contributed by atoms with Gasteiger partial charge in [-0.3, -0.25) is 9.59 Å². The molecule has 0 radical (unpaired) electrons. The number of hydrogen-bond donors (Lipinski definition) is 0. The normalized spacial score (nSPS) is 21.8. The van der Waals surface area contributed by atoms with Crippen molar-refractivity contribution in [1.29, 1.82) is 0 Å². The van der Waals surface area contributed by atoms with Gasteiger partial charge in [0.05, 0.1) is 5.69 Å². The van der Waals surface area contributed by atoms with Crippen LogP contribution >= 0.6 is 15.9 Å². The Balaban J connectivity index is 1.94. The standard InChI is InChI=1S/C16H18BrNO2/c1-11-5-4-6-12(15(11)17)18-13(19)9-16(10-14(18)20)7-2-3-8-16/h4-6H,2-3,7-10H2,1H3. The number of carbonyl (C=O) groups is 2. The van der Waals surface area contributed by atoms with Crippen LogP contribution in [0.25, 0.3) is 0 Å². The third-order valence-electron chi connectivity index (χ3n) is 4.63. The lowest BCUT2D eigenvalue weighted by Crippen LogP contribution is -2.47. The van der Waals surface area contributed by atoms with Crippen molar-refractivity contribution in [3.63, 3.8) is 0 Å². The summed E-state index contributed by atoms with van der Waals surface area (Å²) in [6.45, 7) is 1.96. The Labute approximate surface area is 127 Å². The van der Waals surface area contributed by atoms with Crippen LogP contribution in [0.5, 0.6) is 0 Å². The second kappa shape index (κ2) is 4.99. The highest BCUT2D eigenvalue weighted by molar-refractivity contribution is 9.10. The van der Waals surface area contributed by atoms with Gasteiger partial charge in [-0.2, -0.15) is 0 Å². The summed E-state index contributed by atoms with van der Waals surface area (Å²) in [5.41, 5.74) is 1.68. The minimum Gasteiger partial charge on any atom is -0.274 e. The van der Waals surface area contributed by atoms with Crippen molar-refractivity contribution in [2.24, 2.45) is 5.41 Å². The predicted octanol–water partition coefficient (Wildman–Crippen LogP) is 3.97. The van der Waals surface area contributed by atoms with Crippen molar-refractivity contribution in [3.8, 4) is 0 Å². The van der Waals surface area contributed by atoms with Crippen molar-refractivity contribution in [3.05, 3.63) is 28.2 Å². The van der Waals surface area contributed by atoms with Crippen LogP contribution in [-0.2, 0) is 9.59 Å². The van der Waals surface area contributed by atoms with E-state index >= 15 is 0 Å². The molecular weight excluding hydrogens is 318 g/mol. The van der Waals surface area contributed by atoms with Gasteiger partial charge in [0, 0.05) is 17.3 Å². The lowest BCUT2D eigenvalue weighted by molar-refractivity contribution is -0.133. The van der Waals surface area contributed by atoms with Crippen molar-refractivity contribution in [2.75, 3.05) is 4.90 Å². The molecule has 1 heterocycles. The lowest BCUT2D eigenvalue weighted by Gasteiger charge is -2.37. The fourth-order valence-corrected chi connectivity index (χ4v) is 3.99. The molecule has 2 aliphatic rings. The Morgan fingerprint density at radius 2 is 1.70 bits per heavy atom. The number of halogens is 1. The summed E-state index contributed by atoms with van der Waals surface area (Å²) in [7, 11) is 0. The van der Waals surface area contributed by atoms with E-state index < -0.39 is 0 Å². The van der Waals surface area contributed by atoms with Gasteiger partial charge in [0.2, 0.25) is 11.8 Å². The van der Waals surface area contributed by atoms with Crippen LogP contribution < -0.4 is 4.90 Å². The van der Waals surface area contributed by atoms with Gasteiger partial charge in [0.1, 0.15) is 0 Å². The van der Waals surface area contributed by atoms with Crippen LogP contribution in [0.4, 0.5) is 5.69 Å². The number of imide groups is 1. The predicted molar refractivity (Wildman–Crippen MR) is 81.5 cm³/mol. The van der Waals surface area contributed by atoms with Gasteiger partial charge in [-0.05, 0) is 52.7 Å². The molecule has 1 spiro atoms. The van der Waals surface area contributed by atoms with Crippen molar-refractivity contribution in [1.82, 2.24) is 0 Å². The SMILES string of the molecule is Cc1cccc(N2C(=O)CC3(CCCC3)CC2=O)c1Br. The van der Waals surface area contributed by atoms with Gasteiger partial charge in [0.15, 0.2) is 0 Å². The number of nitrogens with zero attached hydrogens (tertiary/aromatic N) is 1. The van der Waals surface area contributed by atoms with E-state index in [4.69, 9.17) is 0 Å². The Morgan fingerprint density at radius 1 is 1.10 bits per heavy atom. The Hall–Kier alpha value is -1.16. The highest BCUT2D eigenvalue weighted by Gasteiger charge is 2.45. The molecule has 0 atom stereocenters. The third kappa shape index (κ3) is 2.20. The molecule has 1 aromatic rings. The van der Waals surface area contributed by atoms with Gasteiger partial charge in [-0.1, -0.05) is 25.0 Å². The zero-order valence-corrected chi connectivity index (χ0v) is 13.2.